The van der Waals surface area contributed by atoms with E-state index >= 15 is 0 Å². The lowest BCUT2D eigenvalue weighted by molar-refractivity contribution is 0.102. The maximum atomic E-state index is 12.7. The van der Waals surface area contributed by atoms with E-state index in [1.165, 1.54) is 0 Å². The summed E-state index contributed by atoms with van der Waals surface area (Å²) in [6, 6.07) is 18.6. The molecule has 0 aliphatic rings. The first-order chi connectivity index (χ1) is 14.0. The van der Waals surface area contributed by atoms with Crippen LogP contribution in [-0.4, -0.2) is 20.1 Å². The summed E-state index contributed by atoms with van der Waals surface area (Å²) in [5, 5.41) is 2.89. The maximum absolute atomic E-state index is 12.7. The van der Waals surface area contributed by atoms with Crippen molar-refractivity contribution in [3.8, 4) is 17.2 Å². The van der Waals surface area contributed by atoms with E-state index in [0.29, 0.717) is 23.6 Å². The molecule has 0 aromatic heterocycles. The molecule has 0 spiro atoms. The fourth-order valence-electron chi connectivity index (χ4n) is 3.09. The highest BCUT2D eigenvalue weighted by Crippen LogP contribution is 2.24. The molecule has 3 aromatic carbocycles. The number of hydrogen-bond donors (Lipinski definition) is 1. The van der Waals surface area contributed by atoms with Crippen molar-refractivity contribution in [2.45, 2.75) is 20.5 Å². The standard InChI is InChI=1S/C24H25NO4/c1-16-11-17(2)13-22(12-16)29-15-19-14-18(5-10-23(19)28-4)24(26)25-20-6-8-21(27-3)9-7-20/h5-14H,15H2,1-4H3,(H,25,26). The van der Waals surface area contributed by atoms with Gasteiger partial charge in [0, 0.05) is 16.8 Å². The Morgan fingerprint density at radius 1 is 0.828 bits per heavy atom. The molecule has 5 nitrogen and oxygen atoms in total. The number of amides is 1. The molecule has 1 amide bonds. The van der Waals surface area contributed by atoms with Gasteiger partial charge in [0.25, 0.3) is 5.91 Å². The second-order valence-electron chi connectivity index (χ2n) is 6.82. The number of nitrogens with one attached hydrogen (secondary N) is 1. The van der Waals surface area contributed by atoms with Gasteiger partial charge in [0.1, 0.15) is 23.9 Å². The highest BCUT2D eigenvalue weighted by atomic mass is 16.5. The Hall–Kier alpha value is -3.47. The number of benzene rings is 3. The lowest BCUT2D eigenvalue weighted by Gasteiger charge is -2.13. The Bertz CT molecular complexity index is 976. The average Bonchev–Trinajstić information content (AvgIpc) is 2.72. The fourth-order valence-corrected chi connectivity index (χ4v) is 3.09. The number of carbonyl (C=O) groups is 1. The van der Waals surface area contributed by atoms with E-state index in [9.17, 15) is 4.79 Å². The molecule has 0 saturated carbocycles. The van der Waals surface area contributed by atoms with Crippen molar-refractivity contribution in [1.82, 2.24) is 0 Å². The number of anilines is 1. The van der Waals surface area contributed by atoms with Crippen molar-refractivity contribution >= 4 is 11.6 Å². The fraction of sp³-hybridized carbons (Fsp3) is 0.208. The summed E-state index contributed by atoms with van der Waals surface area (Å²) in [5.74, 6) is 2.00. The summed E-state index contributed by atoms with van der Waals surface area (Å²) in [6.45, 7) is 4.37. The van der Waals surface area contributed by atoms with Crippen molar-refractivity contribution < 1.29 is 19.0 Å². The van der Waals surface area contributed by atoms with Crippen LogP contribution in [0.3, 0.4) is 0 Å². The number of rotatable bonds is 7. The average molecular weight is 391 g/mol. The van der Waals surface area contributed by atoms with Crippen LogP contribution in [0, 0.1) is 13.8 Å². The van der Waals surface area contributed by atoms with Gasteiger partial charge in [-0.05, 0) is 79.6 Å². The van der Waals surface area contributed by atoms with Gasteiger partial charge < -0.3 is 19.5 Å². The van der Waals surface area contributed by atoms with Gasteiger partial charge in [-0.2, -0.15) is 0 Å². The zero-order chi connectivity index (χ0) is 20.8. The van der Waals surface area contributed by atoms with Crippen molar-refractivity contribution in [3.05, 3.63) is 82.9 Å². The zero-order valence-corrected chi connectivity index (χ0v) is 17.1. The van der Waals surface area contributed by atoms with Gasteiger partial charge in [0.05, 0.1) is 14.2 Å². The first-order valence-electron chi connectivity index (χ1n) is 9.32. The van der Waals surface area contributed by atoms with Crippen LogP contribution in [0.1, 0.15) is 27.0 Å². The Morgan fingerprint density at radius 3 is 2.14 bits per heavy atom. The number of hydrogen-bond acceptors (Lipinski definition) is 4. The zero-order valence-electron chi connectivity index (χ0n) is 17.1. The van der Waals surface area contributed by atoms with Crippen molar-refractivity contribution in [2.75, 3.05) is 19.5 Å². The van der Waals surface area contributed by atoms with E-state index in [-0.39, 0.29) is 5.91 Å². The van der Waals surface area contributed by atoms with Crippen LogP contribution in [0.25, 0.3) is 0 Å². The van der Waals surface area contributed by atoms with Crippen LogP contribution in [0.4, 0.5) is 5.69 Å². The number of methoxy groups -OCH3 is 2. The Morgan fingerprint density at radius 2 is 1.52 bits per heavy atom. The molecule has 5 heteroatoms. The minimum Gasteiger partial charge on any atom is -0.497 e. The van der Waals surface area contributed by atoms with Gasteiger partial charge >= 0.3 is 0 Å². The van der Waals surface area contributed by atoms with Crippen LogP contribution in [0.15, 0.2) is 60.7 Å². The van der Waals surface area contributed by atoms with Crippen LogP contribution in [-0.2, 0) is 6.61 Å². The largest absolute Gasteiger partial charge is 0.497 e. The van der Waals surface area contributed by atoms with Gasteiger partial charge in [0.2, 0.25) is 0 Å². The van der Waals surface area contributed by atoms with E-state index in [2.05, 4.69) is 11.4 Å². The first kappa shape index (κ1) is 20.3. The molecule has 0 aliphatic heterocycles. The Kier molecular flexibility index (Phi) is 6.39. The lowest BCUT2D eigenvalue weighted by Crippen LogP contribution is -2.12. The molecule has 1 N–H and O–H groups in total. The molecule has 0 aliphatic carbocycles. The minimum atomic E-state index is -0.203. The molecule has 3 rings (SSSR count). The second-order valence-corrected chi connectivity index (χ2v) is 6.82. The molecule has 0 bridgehead atoms. The van der Waals surface area contributed by atoms with Gasteiger partial charge in [-0.3, -0.25) is 4.79 Å². The molecule has 3 aromatic rings. The highest BCUT2D eigenvalue weighted by Gasteiger charge is 2.12. The maximum Gasteiger partial charge on any atom is 0.255 e. The van der Waals surface area contributed by atoms with Crippen LogP contribution in [0.5, 0.6) is 17.2 Å². The summed E-state index contributed by atoms with van der Waals surface area (Å²) in [7, 11) is 3.21. The summed E-state index contributed by atoms with van der Waals surface area (Å²) < 4.78 is 16.5. The topological polar surface area (TPSA) is 56.8 Å². The molecule has 0 saturated heterocycles. The number of carbonyl (C=O) groups excluding carboxylic acids is 1. The molecule has 0 radical (unpaired) electrons. The van der Waals surface area contributed by atoms with Gasteiger partial charge in [0.15, 0.2) is 0 Å². The second kappa shape index (κ2) is 9.15. The monoisotopic (exact) mass is 391 g/mol. The van der Waals surface area contributed by atoms with E-state index in [1.54, 1.807) is 56.7 Å². The summed E-state index contributed by atoms with van der Waals surface area (Å²) in [5.41, 5.74) is 4.30. The van der Waals surface area contributed by atoms with Gasteiger partial charge in [-0.15, -0.1) is 0 Å². The van der Waals surface area contributed by atoms with Gasteiger partial charge in [-0.25, -0.2) is 0 Å². The predicted octanol–water partition coefficient (Wildman–Crippen LogP) is 5.15. The molecule has 0 fully saturated rings. The molecule has 29 heavy (non-hydrogen) atoms. The third-order valence-corrected chi connectivity index (χ3v) is 4.48. The summed E-state index contributed by atoms with van der Waals surface area (Å²) in [6.07, 6.45) is 0. The Labute approximate surface area is 171 Å². The quantitative estimate of drug-likeness (QED) is 0.605. The normalized spacial score (nSPS) is 10.3. The molecule has 150 valence electrons. The first-order valence-corrected chi connectivity index (χ1v) is 9.32. The minimum absolute atomic E-state index is 0.203. The van der Waals surface area contributed by atoms with Crippen LogP contribution >= 0.6 is 0 Å². The summed E-state index contributed by atoms with van der Waals surface area (Å²) in [4.78, 5) is 12.7. The Balaban J connectivity index is 1.75. The smallest absolute Gasteiger partial charge is 0.255 e. The molecule has 0 atom stereocenters. The van der Waals surface area contributed by atoms with E-state index < -0.39 is 0 Å². The van der Waals surface area contributed by atoms with Gasteiger partial charge in [-0.1, -0.05) is 6.07 Å². The highest BCUT2D eigenvalue weighted by molar-refractivity contribution is 6.04. The van der Waals surface area contributed by atoms with E-state index in [1.807, 2.05) is 26.0 Å². The summed E-state index contributed by atoms with van der Waals surface area (Å²) >= 11 is 0. The molecular weight excluding hydrogens is 366 g/mol. The number of ether oxygens (including phenoxy) is 3. The number of aryl methyl sites for hydroxylation is 2. The van der Waals surface area contributed by atoms with Crippen LogP contribution in [0.2, 0.25) is 0 Å². The van der Waals surface area contributed by atoms with E-state index in [0.717, 1.165) is 28.2 Å². The SMILES string of the molecule is COc1ccc(NC(=O)c2ccc(OC)c(COc3cc(C)cc(C)c3)c2)cc1. The molecule has 0 unspecified atom stereocenters. The predicted molar refractivity (Wildman–Crippen MR) is 114 cm³/mol. The third-order valence-electron chi connectivity index (χ3n) is 4.48. The lowest BCUT2D eigenvalue weighted by atomic mass is 10.1. The van der Waals surface area contributed by atoms with E-state index in [4.69, 9.17) is 14.2 Å². The van der Waals surface area contributed by atoms with Crippen LogP contribution < -0.4 is 19.5 Å². The molecular formula is C24H25NO4. The van der Waals surface area contributed by atoms with Crippen molar-refractivity contribution in [3.63, 3.8) is 0 Å². The molecule has 0 heterocycles. The van der Waals surface area contributed by atoms with Crippen molar-refractivity contribution in [2.24, 2.45) is 0 Å². The van der Waals surface area contributed by atoms with Crippen molar-refractivity contribution in [1.29, 1.82) is 0 Å². The third kappa shape index (κ3) is 5.29.